The van der Waals surface area contributed by atoms with Gasteiger partial charge in [0, 0.05) is 18.9 Å². The first-order valence-electron chi connectivity index (χ1n) is 7.10. The zero-order chi connectivity index (χ0) is 13.1. The first kappa shape index (κ1) is 12.4. The zero-order valence-electron chi connectivity index (χ0n) is 11.2. The molecule has 0 amide bonds. The van der Waals surface area contributed by atoms with E-state index in [9.17, 15) is 0 Å². The summed E-state index contributed by atoms with van der Waals surface area (Å²) >= 11 is 0. The van der Waals surface area contributed by atoms with E-state index in [2.05, 4.69) is 21.9 Å². The van der Waals surface area contributed by atoms with Crippen molar-refractivity contribution in [2.24, 2.45) is 5.73 Å². The van der Waals surface area contributed by atoms with Crippen LogP contribution in [0, 0.1) is 0 Å². The zero-order valence-corrected chi connectivity index (χ0v) is 11.2. The van der Waals surface area contributed by atoms with Crippen LogP contribution in [0.15, 0.2) is 24.8 Å². The highest BCUT2D eigenvalue weighted by Gasteiger charge is 2.15. The van der Waals surface area contributed by atoms with Gasteiger partial charge >= 0.3 is 0 Å². The summed E-state index contributed by atoms with van der Waals surface area (Å²) in [6.07, 6.45) is 12.5. The van der Waals surface area contributed by atoms with Gasteiger partial charge in [0.1, 0.15) is 0 Å². The third kappa shape index (κ3) is 2.87. The molecular weight excluding hydrogens is 238 g/mol. The number of rotatable bonds is 4. The maximum absolute atomic E-state index is 5.56. The summed E-state index contributed by atoms with van der Waals surface area (Å²) in [5, 5.41) is 4.70. The Labute approximate surface area is 113 Å². The number of hydrogen-bond donors (Lipinski definition) is 1. The minimum absolute atomic E-state index is 0.490. The smallest absolute Gasteiger partial charge is 0.0953 e. The summed E-state index contributed by atoms with van der Waals surface area (Å²) in [7, 11) is 0. The number of imidazole rings is 1. The molecule has 0 saturated heterocycles. The fourth-order valence-electron chi connectivity index (χ4n) is 2.80. The fraction of sp³-hybridized carbons (Fsp3) is 0.571. The lowest BCUT2D eigenvalue weighted by Gasteiger charge is -2.21. The molecule has 0 spiro atoms. The molecule has 102 valence electrons. The summed E-state index contributed by atoms with van der Waals surface area (Å²) in [6, 6.07) is 2.71. The molecule has 0 radical (unpaired) electrons. The summed E-state index contributed by atoms with van der Waals surface area (Å²) < 4.78 is 4.19. The molecule has 1 aliphatic carbocycles. The first-order chi connectivity index (χ1) is 9.35. The van der Waals surface area contributed by atoms with Crippen molar-refractivity contribution in [3.63, 3.8) is 0 Å². The van der Waals surface area contributed by atoms with Crippen LogP contribution in [-0.4, -0.2) is 19.3 Å². The van der Waals surface area contributed by atoms with E-state index in [0.717, 1.165) is 17.9 Å². The lowest BCUT2D eigenvalue weighted by molar-refractivity contribution is 0.328. The van der Waals surface area contributed by atoms with E-state index in [1.165, 1.54) is 32.1 Å². The van der Waals surface area contributed by atoms with Crippen molar-refractivity contribution in [1.82, 2.24) is 19.3 Å². The number of nitrogens with two attached hydrogens (primary N) is 1. The first-order valence-corrected chi connectivity index (χ1v) is 7.10. The van der Waals surface area contributed by atoms with Crippen LogP contribution in [0.3, 0.4) is 0 Å². The monoisotopic (exact) mass is 259 g/mol. The summed E-state index contributed by atoms with van der Waals surface area (Å²) in [5.41, 5.74) is 7.57. The molecule has 2 heterocycles. The van der Waals surface area contributed by atoms with Crippen LogP contribution in [0.4, 0.5) is 0 Å². The Morgan fingerprint density at radius 3 is 2.79 bits per heavy atom. The lowest BCUT2D eigenvalue weighted by Crippen LogP contribution is -2.13. The highest BCUT2D eigenvalue weighted by molar-refractivity contribution is 5.04. The van der Waals surface area contributed by atoms with Crippen molar-refractivity contribution in [2.75, 3.05) is 0 Å². The molecule has 1 aliphatic rings. The molecule has 1 saturated carbocycles. The highest BCUT2D eigenvalue weighted by Crippen LogP contribution is 2.27. The largest absolute Gasteiger partial charge is 0.331 e. The molecule has 0 bridgehead atoms. The maximum Gasteiger partial charge on any atom is 0.0953 e. The SMILES string of the molecule is NCc1cn(Cc2ccn(C3CCCCC3)n2)cn1. The minimum atomic E-state index is 0.490. The Kier molecular flexibility index (Phi) is 3.64. The molecule has 5 nitrogen and oxygen atoms in total. The Morgan fingerprint density at radius 2 is 2.05 bits per heavy atom. The van der Waals surface area contributed by atoms with Crippen LogP contribution in [-0.2, 0) is 13.1 Å². The Morgan fingerprint density at radius 1 is 1.21 bits per heavy atom. The van der Waals surface area contributed by atoms with Gasteiger partial charge < -0.3 is 10.3 Å². The molecular formula is C14H21N5. The van der Waals surface area contributed by atoms with Gasteiger partial charge in [0.15, 0.2) is 0 Å². The molecule has 0 unspecified atom stereocenters. The van der Waals surface area contributed by atoms with Crippen molar-refractivity contribution >= 4 is 0 Å². The topological polar surface area (TPSA) is 61.7 Å². The van der Waals surface area contributed by atoms with Crippen molar-refractivity contribution in [3.05, 3.63) is 36.2 Å². The van der Waals surface area contributed by atoms with E-state index in [0.29, 0.717) is 12.6 Å². The van der Waals surface area contributed by atoms with Gasteiger partial charge in [-0.15, -0.1) is 0 Å². The Bertz CT molecular complexity index is 521. The fourth-order valence-corrected chi connectivity index (χ4v) is 2.80. The Hall–Kier alpha value is -1.62. The average molecular weight is 259 g/mol. The van der Waals surface area contributed by atoms with Gasteiger partial charge in [-0.2, -0.15) is 5.10 Å². The van der Waals surface area contributed by atoms with Gasteiger partial charge in [-0.1, -0.05) is 19.3 Å². The van der Waals surface area contributed by atoms with Gasteiger partial charge in [0.05, 0.1) is 30.3 Å². The van der Waals surface area contributed by atoms with Crippen LogP contribution in [0.25, 0.3) is 0 Å². The van der Waals surface area contributed by atoms with Gasteiger partial charge in [-0.05, 0) is 18.9 Å². The number of nitrogens with zero attached hydrogens (tertiary/aromatic N) is 4. The molecule has 1 fully saturated rings. The third-order valence-corrected chi connectivity index (χ3v) is 3.85. The normalized spacial score (nSPS) is 16.9. The van der Waals surface area contributed by atoms with Crippen LogP contribution >= 0.6 is 0 Å². The molecule has 2 N–H and O–H groups in total. The average Bonchev–Trinajstić information content (AvgIpc) is 3.09. The molecule has 19 heavy (non-hydrogen) atoms. The standard InChI is InChI=1S/C14H21N5/c15-8-13-10-18(11-16-13)9-12-6-7-19(17-12)14-4-2-1-3-5-14/h6-7,10-11,14H,1-5,8-9,15H2. The highest BCUT2D eigenvalue weighted by atomic mass is 15.3. The van der Waals surface area contributed by atoms with Gasteiger partial charge in [-0.25, -0.2) is 4.98 Å². The van der Waals surface area contributed by atoms with E-state index in [4.69, 9.17) is 10.8 Å². The maximum atomic E-state index is 5.56. The van der Waals surface area contributed by atoms with Crippen LogP contribution in [0.5, 0.6) is 0 Å². The molecule has 0 atom stereocenters. The van der Waals surface area contributed by atoms with Crippen LogP contribution in [0.1, 0.15) is 49.5 Å². The van der Waals surface area contributed by atoms with Gasteiger partial charge in [-0.3, -0.25) is 4.68 Å². The predicted octanol–water partition coefficient (Wildman–Crippen LogP) is 2.09. The number of aromatic nitrogens is 4. The second-order valence-electron chi connectivity index (χ2n) is 5.32. The van der Waals surface area contributed by atoms with Crippen molar-refractivity contribution < 1.29 is 0 Å². The van der Waals surface area contributed by atoms with Crippen molar-refractivity contribution in [1.29, 1.82) is 0 Å². The van der Waals surface area contributed by atoms with E-state index in [1.807, 2.05) is 17.1 Å². The quantitative estimate of drug-likeness (QED) is 0.914. The van der Waals surface area contributed by atoms with E-state index >= 15 is 0 Å². The predicted molar refractivity (Wildman–Crippen MR) is 73.6 cm³/mol. The summed E-state index contributed by atoms with van der Waals surface area (Å²) in [6.45, 7) is 1.26. The molecule has 3 rings (SSSR count). The second-order valence-corrected chi connectivity index (χ2v) is 5.32. The van der Waals surface area contributed by atoms with Gasteiger partial charge in [0.2, 0.25) is 0 Å². The molecule has 5 heteroatoms. The third-order valence-electron chi connectivity index (χ3n) is 3.85. The van der Waals surface area contributed by atoms with Crippen LogP contribution < -0.4 is 5.73 Å². The minimum Gasteiger partial charge on any atom is -0.331 e. The molecule has 0 aliphatic heterocycles. The Balaban J connectivity index is 1.67. The molecule has 2 aromatic rings. The molecule has 2 aromatic heterocycles. The van der Waals surface area contributed by atoms with Gasteiger partial charge in [0.25, 0.3) is 0 Å². The van der Waals surface area contributed by atoms with Crippen molar-refractivity contribution in [2.45, 2.75) is 51.2 Å². The van der Waals surface area contributed by atoms with E-state index < -0.39 is 0 Å². The molecule has 0 aromatic carbocycles. The van der Waals surface area contributed by atoms with Crippen molar-refractivity contribution in [3.8, 4) is 0 Å². The van der Waals surface area contributed by atoms with Crippen LogP contribution in [0.2, 0.25) is 0 Å². The lowest BCUT2D eigenvalue weighted by atomic mass is 9.96. The number of hydrogen-bond acceptors (Lipinski definition) is 3. The summed E-state index contributed by atoms with van der Waals surface area (Å²) in [4.78, 5) is 4.23. The van der Waals surface area contributed by atoms with E-state index in [-0.39, 0.29) is 0 Å². The second kappa shape index (κ2) is 5.57. The van der Waals surface area contributed by atoms with E-state index in [1.54, 1.807) is 0 Å². The summed E-state index contributed by atoms with van der Waals surface area (Å²) in [5.74, 6) is 0.